The van der Waals surface area contributed by atoms with Gasteiger partial charge in [-0.25, -0.2) is 18.7 Å². The molecule has 0 fully saturated rings. The Morgan fingerprint density at radius 3 is 2.50 bits per heavy atom. The Hall–Kier alpha value is -1.69. The van der Waals surface area contributed by atoms with Crippen molar-refractivity contribution in [1.82, 2.24) is 9.97 Å². The first-order valence-electron chi connectivity index (χ1n) is 5.33. The predicted octanol–water partition coefficient (Wildman–Crippen LogP) is 2.76. The van der Waals surface area contributed by atoms with E-state index >= 15 is 0 Å². The second kappa shape index (κ2) is 5.77. The molecule has 0 aliphatic carbocycles. The summed E-state index contributed by atoms with van der Waals surface area (Å²) in [6.45, 7) is 0.646. The number of nitrogens with one attached hydrogen (secondary N) is 1. The van der Waals surface area contributed by atoms with E-state index in [-0.39, 0.29) is 5.56 Å². The molecule has 0 spiro atoms. The Balaban J connectivity index is 2.23. The van der Waals surface area contributed by atoms with Crippen LogP contribution in [0.1, 0.15) is 0 Å². The van der Waals surface area contributed by atoms with E-state index in [9.17, 15) is 8.78 Å². The molecule has 3 nitrogen and oxygen atoms in total. The maximum Gasteiger partial charge on any atom is 0.222 e. The largest absolute Gasteiger partial charge is 0.353 e. The van der Waals surface area contributed by atoms with Crippen molar-refractivity contribution in [2.45, 2.75) is 0 Å². The fraction of sp³-hybridized carbons (Fsp3) is 0.167. The molecule has 0 radical (unpaired) electrons. The number of halogens is 2. The molecule has 18 heavy (non-hydrogen) atoms. The Kier molecular flexibility index (Phi) is 4.09. The molecule has 2 rings (SSSR count). The summed E-state index contributed by atoms with van der Waals surface area (Å²) in [4.78, 5) is 8.08. The third-order valence-corrected chi connectivity index (χ3v) is 2.51. The number of nitrogens with zero attached hydrogens (tertiary/aromatic N) is 2. The molecule has 0 atom stereocenters. The number of anilines is 1. The van der Waals surface area contributed by atoms with Crippen LogP contribution in [0.4, 0.5) is 14.7 Å². The minimum atomic E-state index is -0.630. The first-order valence-corrected chi connectivity index (χ1v) is 5.96. The van der Waals surface area contributed by atoms with E-state index in [2.05, 4.69) is 27.9 Å². The van der Waals surface area contributed by atoms with E-state index in [1.54, 1.807) is 0 Å². The van der Waals surface area contributed by atoms with Crippen LogP contribution in [0.5, 0.6) is 0 Å². The van der Waals surface area contributed by atoms with Crippen LogP contribution in [0.2, 0.25) is 0 Å². The molecule has 2 aromatic rings. The van der Waals surface area contributed by atoms with Gasteiger partial charge in [-0.05, 0) is 12.1 Å². The van der Waals surface area contributed by atoms with E-state index in [1.165, 1.54) is 24.5 Å². The van der Waals surface area contributed by atoms with Crippen molar-refractivity contribution in [3.05, 3.63) is 42.2 Å². The van der Waals surface area contributed by atoms with Gasteiger partial charge in [-0.3, -0.25) is 0 Å². The highest BCUT2D eigenvalue weighted by atomic mass is 32.1. The zero-order chi connectivity index (χ0) is 13.0. The smallest absolute Gasteiger partial charge is 0.222 e. The van der Waals surface area contributed by atoms with Gasteiger partial charge < -0.3 is 5.32 Å². The maximum absolute atomic E-state index is 13.5. The second-order valence-electron chi connectivity index (χ2n) is 3.57. The number of hydrogen-bond donors (Lipinski definition) is 2. The fourth-order valence-electron chi connectivity index (χ4n) is 1.45. The van der Waals surface area contributed by atoms with Gasteiger partial charge in [0.05, 0.1) is 0 Å². The fourth-order valence-corrected chi connectivity index (χ4v) is 1.56. The van der Waals surface area contributed by atoms with Gasteiger partial charge in [0.1, 0.15) is 11.6 Å². The lowest BCUT2D eigenvalue weighted by Gasteiger charge is -2.05. The van der Waals surface area contributed by atoms with Crippen LogP contribution < -0.4 is 5.32 Å². The van der Waals surface area contributed by atoms with Gasteiger partial charge in [0.2, 0.25) is 5.95 Å². The van der Waals surface area contributed by atoms with E-state index in [4.69, 9.17) is 0 Å². The molecule has 1 aromatic heterocycles. The van der Waals surface area contributed by atoms with Crippen LogP contribution in [0.25, 0.3) is 11.1 Å². The number of hydrogen-bond acceptors (Lipinski definition) is 4. The van der Waals surface area contributed by atoms with E-state index < -0.39 is 11.6 Å². The first-order chi connectivity index (χ1) is 8.70. The van der Waals surface area contributed by atoms with Gasteiger partial charge in [0.25, 0.3) is 0 Å². The number of thiol groups is 1. The van der Waals surface area contributed by atoms with Gasteiger partial charge in [-0.1, -0.05) is 0 Å². The Bertz CT molecular complexity index is 531. The second-order valence-corrected chi connectivity index (χ2v) is 4.02. The maximum atomic E-state index is 13.5. The number of rotatable bonds is 4. The summed E-state index contributed by atoms with van der Waals surface area (Å²) >= 11 is 4.05. The zero-order valence-corrected chi connectivity index (χ0v) is 10.3. The van der Waals surface area contributed by atoms with Crippen LogP contribution in [0, 0.1) is 11.6 Å². The summed E-state index contributed by atoms with van der Waals surface area (Å²) in [6, 6.07) is 3.40. The van der Waals surface area contributed by atoms with E-state index in [0.717, 1.165) is 6.07 Å². The molecule has 1 heterocycles. The summed E-state index contributed by atoms with van der Waals surface area (Å²) in [5.41, 5.74) is 0.779. The summed E-state index contributed by atoms with van der Waals surface area (Å²) in [7, 11) is 0. The van der Waals surface area contributed by atoms with Crippen molar-refractivity contribution in [3.63, 3.8) is 0 Å². The third-order valence-electron chi connectivity index (χ3n) is 2.29. The van der Waals surface area contributed by atoms with E-state index in [0.29, 0.717) is 23.8 Å². The molecule has 0 amide bonds. The average Bonchev–Trinajstić information content (AvgIpc) is 2.37. The Morgan fingerprint density at radius 1 is 1.17 bits per heavy atom. The van der Waals surface area contributed by atoms with Crippen molar-refractivity contribution in [3.8, 4) is 11.1 Å². The summed E-state index contributed by atoms with van der Waals surface area (Å²) < 4.78 is 26.3. The van der Waals surface area contributed by atoms with Gasteiger partial charge in [-0.15, -0.1) is 0 Å². The van der Waals surface area contributed by atoms with Crippen LogP contribution in [-0.4, -0.2) is 22.3 Å². The van der Waals surface area contributed by atoms with Crippen LogP contribution in [-0.2, 0) is 0 Å². The standard InChI is InChI=1S/C12H11F2N3S/c13-9-1-2-10(11(14)5-9)8-6-16-12(17-7-8)15-3-4-18/h1-2,5-7,18H,3-4H2,(H,15,16,17). The molecule has 0 aliphatic rings. The van der Waals surface area contributed by atoms with Crippen LogP contribution in [0.3, 0.4) is 0 Å². The molecule has 0 saturated heterocycles. The van der Waals surface area contributed by atoms with Gasteiger partial charge in [0, 0.05) is 41.9 Å². The quantitative estimate of drug-likeness (QED) is 0.836. The molecule has 6 heteroatoms. The van der Waals surface area contributed by atoms with Crippen molar-refractivity contribution in [2.24, 2.45) is 0 Å². The highest BCUT2D eigenvalue weighted by Crippen LogP contribution is 2.22. The molecule has 1 aromatic carbocycles. The molecule has 1 N–H and O–H groups in total. The SMILES string of the molecule is Fc1ccc(-c2cnc(NCCS)nc2)c(F)c1. The number of aromatic nitrogens is 2. The molecular weight excluding hydrogens is 256 g/mol. The minimum Gasteiger partial charge on any atom is -0.353 e. The summed E-state index contributed by atoms with van der Waals surface area (Å²) in [6.07, 6.45) is 2.98. The highest BCUT2D eigenvalue weighted by molar-refractivity contribution is 7.80. The van der Waals surface area contributed by atoms with Gasteiger partial charge in [0.15, 0.2) is 0 Å². The third kappa shape index (κ3) is 2.95. The predicted molar refractivity (Wildman–Crippen MR) is 69.7 cm³/mol. The molecule has 0 unspecified atom stereocenters. The summed E-state index contributed by atoms with van der Waals surface area (Å²) in [5, 5.41) is 2.94. The van der Waals surface area contributed by atoms with Crippen molar-refractivity contribution < 1.29 is 8.78 Å². The molecule has 0 aliphatic heterocycles. The van der Waals surface area contributed by atoms with Crippen molar-refractivity contribution in [2.75, 3.05) is 17.6 Å². The highest BCUT2D eigenvalue weighted by Gasteiger charge is 2.07. The van der Waals surface area contributed by atoms with Crippen LogP contribution >= 0.6 is 12.6 Å². The summed E-state index contributed by atoms with van der Waals surface area (Å²) in [5.74, 6) is -0.119. The lowest BCUT2D eigenvalue weighted by atomic mass is 10.1. The molecule has 0 bridgehead atoms. The van der Waals surface area contributed by atoms with Crippen molar-refractivity contribution in [1.29, 1.82) is 0 Å². The minimum absolute atomic E-state index is 0.275. The lowest BCUT2D eigenvalue weighted by Crippen LogP contribution is -2.06. The monoisotopic (exact) mass is 267 g/mol. The van der Waals surface area contributed by atoms with Crippen molar-refractivity contribution >= 4 is 18.6 Å². The average molecular weight is 267 g/mol. The Labute approximate surface area is 109 Å². The number of benzene rings is 1. The molecular formula is C12H11F2N3S. The molecule has 0 saturated carbocycles. The topological polar surface area (TPSA) is 37.8 Å². The van der Waals surface area contributed by atoms with Crippen LogP contribution in [0.15, 0.2) is 30.6 Å². The van der Waals surface area contributed by atoms with E-state index in [1.807, 2.05) is 0 Å². The first kappa shape index (κ1) is 12.8. The zero-order valence-electron chi connectivity index (χ0n) is 9.40. The lowest BCUT2D eigenvalue weighted by molar-refractivity contribution is 0.585. The normalized spacial score (nSPS) is 10.4. The van der Waals surface area contributed by atoms with Gasteiger partial charge in [-0.2, -0.15) is 12.6 Å². The molecule has 94 valence electrons. The Morgan fingerprint density at radius 2 is 1.89 bits per heavy atom. The van der Waals surface area contributed by atoms with Gasteiger partial charge >= 0.3 is 0 Å².